The van der Waals surface area contributed by atoms with Gasteiger partial charge in [0.25, 0.3) is 0 Å². The number of aliphatic carboxylic acids is 1. The van der Waals surface area contributed by atoms with Gasteiger partial charge in [-0.3, -0.25) is 4.68 Å². The Balaban J connectivity index is 2.39. The Morgan fingerprint density at radius 2 is 2.17 bits per heavy atom. The molecule has 0 spiro atoms. The third-order valence-corrected chi connectivity index (χ3v) is 2.75. The summed E-state index contributed by atoms with van der Waals surface area (Å²) in [6.45, 7) is 3.68. The largest absolute Gasteiger partial charge is 0.480 e. The lowest BCUT2D eigenvalue weighted by Gasteiger charge is -2.18. The van der Waals surface area contributed by atoms with Gasteiger partial charge in [0.1, 0.15) is 18.2 Å². The van der Waals surface area contributed by atoms with Gasteiger partial charge in [0.15, 0.2) is 5.65 Å². The molecule has 0 aliphatic carbocycles. The Kier molecular flexibility index (Phi) is 3.14. The minimum atomic E-state index is -0.902. The number of aryl methyl sites for hydroxylation is 1. The van der Waals surface area contributed by atoms with E-state index in [0.29, 0.717) is 16.9 Å². The number of carboxylic acids is 1. The van der Waals surface area contributed by atoms with Crippen LogP contribution in [-0.2, 0) is 11.8 Å². The lowest BCUT2D eigenvalue weighted by molar-refractivity contribution is -0.138. The van der Waals surface area contributed by atoms with E-state index >= 15 is 0 Å². The van der Waals surface area contributed by atoms with Crippen LogP contribution in [0.5, 0.6) is 0 Å². The third kappa shape index (κ3) is 2.11. The summed E-state index contributed by atoms with van der Waals surface area (Å²) in [4.78, 5) is 19.3. The van der Waals surface area contributed by atoms with E-state index in [-0.39, 0.29) is 5.92 Å². The average Bonchev–Trinajstić information content (AvgIpc) is 2.68. The van der Waals surface area contributed by atoms with E-state index in [1.54, 1.807) is 17.9 Å². The van der Waals surface area contributed by atoms with E-state index in [9.17, 15) is 4.79 Å². The van der Waals surface area contributed by atoms with Crippen LogP contribution in [0.2, 0.25) is 0 Å². The number of aromatic nitrogens is 4. The SMILES string of the molecule is CC(C)C(Nc1ncnc2c1cnn2C)C(=O)O. The van der Waals surface area contributed by atoms with Gasteiger partial charge in [-0.15, -0.1) is 0 Å². The molecule has 1 unspecified atom stereocenters. The van der Waals surface area contributed by atoms with E-state index in [4.69, 9.17) is 5.11 Å². The average molecular weight is 249 g/mol. The van der Waals surface area contributed by atoms with Crippen molar-refractivity contribution in [2.24, 2.45) is 13.0 Å². The van der Waals surface area contributed by atoms with Crippen LogP contribution in [0.25, 0.3) is 11.0 Å². The number of rotatable bonds is 4. The highest BCUT2D eigenvalue weighted by Gasteiger charge is 2.22. The van der Waals surface area contributed by atoms with Crippen molar-refractivity contribution in [2.75, 3.05) is 5.32 Å². The molecule has 0 aromatic carbocycles. The fourth-order valence-corrected chi connectivity index (χ4v) is 1.74. The zero-order valence-corrected chi connectivity index (χ0v) is 10.5. The fourth-order valence-electron chi connectivity index (χ4n) is 1.74. The van der Waals surface area contributed by atoms with Gasteiger partial charge < -0.3 is 10.4 Å². The Hall–Kier alpha value is -2.18. The van der Waals surface area contributed by atoms with Crippen LogP contribution in [-0.4, -0.2) is 36.9 Å². The van der Waals surface area contributed by atoms with Gasteiger partial charge in [-0.1, -0.05) is 13.8 Å². The molecular weight excluding hydrogens is 234 g/mol. The molecule has 2 aromatic heterocycles. The summed E-state index contributed by atoms with van der Waals surface area (Å²) in [5.74, 6) is -0.459. The number of carbonyl (C=O) groups is 1. The number of hydrogen-bond donors (Lipinski definition) is 2. The molecule has 2 aromatic rings. The molecule has 2 heterocycles. The van der Waals surface area contributed by atoms with Gasteiger partial charge in [0, 0.05) is 7.05 Å². The molecule has 0 aliphatic heterocycles. The number of carboxylic acid groups (broad SMARTS) is 1. The fraction of sp³-hybridized carbons (Fsp3) is 0.455. The van der Waals surface area contributed by atoms with Crippen molar-refractivity contribution in [1.82, 2.24) is 19.7 Å². The highest BCUT2D eigenvalue weighted by Crippen LogP contribution is 2.20. The topological polar surface area (TPSA) is 92.9 Å². The zero-order chi connectivity index (χ0) is 13.3. The lowest BCUT2D eigenvalue weighted by Crippen LogP contribution is -2.34. The van der Waals surface area contributed by atoms with E-state index in [1.165, 1.54) is 6.33 Å². The second-order valence-corrected chi connectivity index (χ2v) is 4.43. The highest BCUT2D eigenvalue weighted by molar-refractivity contribution is 5.88. The van der Waals surface area contributed by atoms with Crippen molar-refractivity contribution >= 4 is 22.8 Å². The highest BCUT2D eigenvalue weighted by atomic mass is 16.4. The molecule has 2 N–H and O–H groups in total. The number of hydrogen-bond acceptors (Lipinski definition) is 5. The number of nitrogens with one attached hydrogen (secondary N) is 1. The van der Waals surface area contributed by atoms with Gasteiger partial charge in [-0.25, -0.2) is 14.8 Å². The van der Waals surface area contributed by atoms with Crippen molar-refractivity contribution in [3.8, 4) is 0 Å². The first kappa shape index (κ1) is 12.3. The number of fused-ring (bicyclic) bond motifs is 1. The van der Waals surface area contributed by atoms with Gasteiger partial charge >= 0.3 is 5.97 Å². The van der Waals surface area contributed by atoms with Crippen molar-refractivity contribution in [3.05, 3.63) is 12.5 Å². The van der Waals surface area contributed by atoms with Crippen molar-refractivity contribution in [2.45, 2.75) is 19.9 Å². The van der Waals surface area contributed by atoms with E-state index in [0.717, 1.165) is 0 Å². The standard InChI is InChI=1S/C11H15N5O2/c1-6(2)8(11(17)18)15-9-7-4-14-16(3)10(7)13-5-12-9/h4-6,8H,1-3H3,(H,17,18)(H,12,13,15). The second-order valence-electron chi connectivity index (χ2n) is 4.43. The van der Waals surface area contributed by atoms with Gasteiger partial charge in [0.2, 0.25) is 0 Å². The van der Waals surface area contributed by atoms with Crippen LogP contribution in [0.3, 0.4) is 0 Å². The maximum Gasteiger partial charge on any atom is 0.326 e. The maximum atomic E-state index is 11.2. The Bertz CT molecular complexity index is 578. The van der Waals surface area contributed by atoms with E-state index in [1.807, 2.05) is 13.8 Å². The van der Waals surface area contributed by atoms with Gasteiger partial charge in [-0.05, 0) is 5.92 Å². The summed E-state index contributed by atoms with van der Waals surface area (Å²) in [5, 5.41) is 16.9. The molecule has 2 rings (SSSR count). The Morgan fingerprint density at radius 1 is 1.44 bits per heavy atom. The maximum absolute atomic E-state index is 11.2. The summed E-state index contributed by atoms with van der Waals surface area (Å²) in [6.07, 6.45) is 3.02. The summed E-state index contributed by atoms with van der Waals surface area (Å²) < 4.78 is 1.62. The second kappa shape index (κ2) is 4.59. The van der Waals surface area contributed by atoms with Crippen LogP contribution in [0.4, 0.5) is 5.82 Å². The predicted octanol–water partition coefficient (Wildman–Crippen LogP) is 0.884. The third-order valence-electron chi connectivity index (χ3n) is 2.75. The predicted molar refractivity (Wildman–Crippen MR) is 66.2 cm³/mol. The molecule has 1 atom stereocenters. The molecule has 0 fully saturated rings. The zero-order valence-electron chi connectivity index (χ0n) is 10.5. The summed E-state index contributed by atoms with van der Waals surface area (Å²) in [5.41, 5.74) is 0.667. The van der Waals surface area contributed by atoms with Crippen LogP contribution in [0.1, 0.15) is 13.8 Å². The van der Waals surface area contributed by atoms with Gasteiger partial charge in [0.05, 0.1) is 11.6 Å². The number of anilines is 1. The summed E-state index contributed by atoms with van der Waals surface area (Å²) in [6, 6.07) is -0.691. The lowest BCUT2D eigenvalue weighted by atomic mass is 10.0. The minimum Gasteiger partial charge on any atom is -0.480 e. The summed E-state index contributed by atoms with van der Waals surface area (Å²) in [7, 11) is 1.77. The van der Waals surface area contributed by atoms with Crippen molar-refractivity contribution in [1.29, 1.82) is 0 Å². The molecule has 7 heteroatoms. The van der Waals surface area contributed by atoms with Crippen LogP contribution >= 0.6 is 0 Å². The normalized spacial score (nSPS) is 12.9. The Morgan fingerprint density at radius 3 is 2.78 bits per heavy atom. The molecule has 0 saturated heterocycles. The van der Waals surface area contributed by atoms with Crippen LogP contribution in [0, 0.1) is 5.92 Å². The molecule has 0 aliphatic rings. The monoisotopic (exact) mass is 249 g/mol. The van der Waals surface area contributed by atoms with E-state index < -0.39 is 12.0 Å². The molecule has 0 amide bonds. The van der Waals surface area contributed by atoms with Crippen LogP contribution < -0.4 is 5.32 Å². The first-order valence-corrected chi connectivity index (χ1v) is 5.62. The minimum absolute atomic E-state index is 0.0517. The Labute approximate surface area is 104 Å². The molecule has 96 valence electrons. The van der Waals surface area contributed by atoms with Crippen molar-refractivity contribution in [3.63, 3.8) is 0 Å². The first-order chi connectivity index (χ1) is 8.50. The molecule has 0 radical (unpaired) electrons. The summed E-state index contributed by atoms with van der Waals surface area (Å²) >= 11 is 0. The molecule has 0 saturated carbocycles. The smallest absolute Gasteiger partial charge is 0.326 e. The van der Waals surface area contributed by atoms with E-state index in [2.05, 4.69) is 20.4 Å². The molecular formula is C11H15N5O2. The van der Waals surface area contributed by atoms with Crippen LogP contribution in [0.15, 0.2) is 12.5 Å². The first-order valence-electron chi connectivity index (χ1n) is 5.62. The molecule has 18 heavy (non-hydrogen) atoms. The molecule has 7 nitrogen and oxygen atoms in total. The quantitative estimate of drug-likeness (QED) is 0.835. The molecule has 0 bridgehead atoms. The van der Waals surface area contributed by atoms with Gasteiger partial charge in [-0.2, -0.15) is 5.10 Å². The number of nitrogens with zero attached hydrogens (tertiary/aromatic N) is 4. The van der Waals surface area contributed by atoms with Crippen molar-refractivity contribution < 1.29 is 9.90 Å².